The summed E-state index contributed by atoms with van der Waals surface area (Å²) in [4.78, 5) is 5.67. The molecule has 1 spiro atoms. The summed E-state index contributed by atoms with van der Waals surface area (Å²) in [6.45, 7) is 6.90. The van der Waals surface area contributed by atoms with E-state index in [1.165, 1.54) is 110 Å². The fourth-order valence-electron chi connectivity index (χ4n) is 6.14. The number of nitrogens with two attached hydrogens (primary N) is 1. The molecule has 24 heavy (non-hydrogen) atoms. The predicted molar refractivity (Wildman–Crippen MR) is 101 cm³/mol. The van der Waals surface area contributed by atoms with Crippen LogP contribution in [0.4, 0.5) is 0 Å². The molecule has 2 aliphatic carbocycles. The van der Waals surface area contributed by atoms with Crippen LogP contribution in [0.25, 0.3) is 0 Å². The van der Waals surface area contributed by atoms with Gasteiger partial charge < -0.3 is 15.5 Å². The van der Waals surface area contributed by atoms with Gasteiger partial charge in [-0.05, 0) is 88.8 Å². The van der Waals surface area contributed by atoms with E-state index in [0.717, 1.165) is 12.0 Å². The molecule has 0 aromatic carbocycles. The molecule has 0 aromatic heterocycles. The standard InChI is InChI=1S/C21H39N3/c22-19-8-6-18(7-9-19)16-23-13-10-21(17-23)11-14-24(15-12-21)20-4-2-1-3-5-20/h18-20H,1-17,22H2. The van der Waals surface area contributed by atoms with E-state index in [1.807, 2.05) is 0 Å². The molecular weight excluding hydrogens is 294 g/mol. The molecule has 0 radical (unpaired) electrons. The molecule has 2 heterocycles. The molecule has 138 valence electrons. The largest absolute Gasteiger partial charge is 0.328 e. The van der Waals surface area contributed by atoms with Gasteiger partial charge in [-0.3, -0.25) is 0 Å². The lowest BCUT2D eigenvalue weighted by Gasteiger charge is -2.44. The third kappa shape index (κ3) is 3.99. The Morgan fingerprint density at radius 2 is 1.46 bits per heavy atom. The SMILES string of the molecule is NC1CCC(CN2CCC3(CCN(C4CCCCC4)CC3)C2)CC1. The van der Waals surface area contributed by atoms with Gasteiger partial charge in [0.25, 0.3) is 0 Å². The molecule has 0 amide bonds. The maximum atomic E-state index is 6.07. The first kappa shape index (κ1) is 17.3. The lowest BCUT2D eigenvalue weighted by Crippen LogP contribution is -2.47. The van der Waals surface area contributed by atoms with E-state index < -0.39 is 0 Å². The normalized spacial score (nSPS) is 36.4. The van der Waals surface area contributed by atoms with Crippen molar-refractivity contribution in [2.45, 2.75) is 89.1 Å². The Hall–Kier alpha value is -0.120. The third-order valence-corrected chi connectivity index (χ3v) is 7.87. The lowest BCUT2D eigenvalue weighted by molar-refractivity contribution is 0.0603. The van der Waals surface area contributed by atoms with Crippen LogP contribution in [-0.2, 0) is 0 Å². The Morgan fingerprint density at radius 3 is 2.17 bits per heavy atom. The first-order valence-corrected chi connectivity index (χ1v) is 10.9. The zero-order valence-electron chi connectivity index (χ0n) is 15.7. The van der Waals surface area contributed by atoms with E-state index in [-0.39, 0.29) is 0 Å². The van der Waals surface area contributed by atoms with Gasteiger partial charge in [0.2, 0.25) is 0 Å². The minimum atomic E-state index is 0.496. The summed E-state index contributed by atoms with van der Waals surface area (Å²) in [6, 6.07) is 1.43. The van der Waals surface area contributed by atoms with Crippen LogP contribution in [0, 0.1) is 11.3 Å². The summed E-state index contributed by atoms with van der Waals surface area (Å²) >= 11 is 0. The van der Waals surface area contributed by atoms with Crippen molar-refractivity contribution in [1.29, 1.82) is 0 Å². The van der Waals surface area contributed by atoms with Crippen LogP contribution in [0.1, 0.15) is 77.0 Å². The molecule has 0 unspecified atom stereocenters. The van der Waals surface area contributed by atoms with Crippen molar-refractivity contribution in [2.24, 2.45) is 17.1 Å². The molecule has 2 N–H and O–H groups in total. The number of hydrogen-bond acceptors (Lipinski definition) is 3. The minimum Gasteiger partial charge on any atom is -0.328 e. The van der Waals surface area contributed by atoms with E-state index in [1.54, 1.807) is 0 Å². The highest BCUT2D eigenvalue weighted by Gasteiger charge is 2.42. The van der Waals surface area contributed by atoms with Crippen LogP contribution < -0.4 is 5.73 Å². The lowest BCUT2D eigenvalue weighted by atomic mass is 9.77. The Balaban J connectivity index is 1.23. The van der Waals surface area contributed by atoms with Gasteiger partial charge in [-0.1, -0.05) is 19.3 Å². The van der Waals surface area contributed by atoms with Crippen LogP contribution in [-0.4, -0.2) is 54.6 Å². The maximum absolute atomic E-state index is 6.07. The fraction of sp³-hybridized carbons (Fsp3) is 1.00. The van der Waals surface area contributed by atoms with Crippen LogP contribution in [0.5, 0.6) is 0 Å². The van der Waals surface area contributed by atoms with Crippen molar-refractivity contribution in [1.82, 2.24) is 9.80 Å². The molecule has 0 bridgehead atoms. The van der Waals surface area contributed by atoms with Gasteiger partial charge in [0, 0.05) is 25.2 Å². The van der Waals surface area contributed by atoms with Crippen molar-refractivity contribution in [2.75, 3.05) is 32.7 Å². The molecule has 0 atom stereocenters. The molecule has 2 saturated carbocycles. The minimum absolute atomic E-state index is 0.496. The number of likely N-dealkylation sites (tertiary alicyclic amines) is 2. The number of piperidine rings is 1. The van der Waals surface area contributed by atoms with Gasteiger partial charge in [0.05, 0.1) is 0 Å². The quantitative estimate of drug-likeness (QED) is 0.856. The van der Waals surface area contributed by atoms with Crippen molar-refractivity contribution in [3.63, 3.8) is 0 Å². The Bertz CT molecular complexity index is 388. The van der Waals surface area contributed by atoms with Crippen molar-refractivity contribution < 1.29 is 0 Å². The Morgan fingerprint density at radius 1 is 0.792 bits per heavy atom. The van der Waals surface area contributed by atoms with Crippen LogP contribution in [0.3, 0.4) is 0 Å². The highest BCUT2D eigenvalue weighted by atomic mass is 15.2. The van der Waals surface area contributed by atoms with Gasteiger partial charge in [0.1, 0.15) is 0 Å². The van der Waals surface area contributed by atoms with Gasteiger partial charge >= 0.3 is 0 Å². The molecule has 3 heteroatoms. The molecule has 0 aromatic rings. The van der Waals surface area contributed by atoms with Gasteiger partial charge in [-0.15, -0.1) is 0 Å². The second-order valence-corrected chi connectivity index (χ2v) is 9.59. The smallest absolute Gasteiger partial charge is 0.00952 e. The van der Waals surface area contributed by atoms with E-state index in [4.69, 9.17) is 5.73 Å². The second kappa shape index (κ2) is 7.63. The summed E-state index contributed by atoms with van der Waals surface area (Å²) < 4.78 is 0. The summed E-state index contributed by atoms with van der Waals surface area (Å²) in [5.74, 6) is 0.933. The van der Waals surface area contributed by atoms with E-state index in [9.17, 15) is 0 Å². The molecule has 3 nitrogen and oxygen atoms in total. The molecule has 2 aliphatic heterocycles. The predicted octanol–water partition coefficient (Wildman–Crippen LogP) is 3.62. The summed E-state index contributed by atoms with van der Waals surface area (Å²) in [7, 11) is 0. The number of hydrogen-bond donors (Lipinski definition) is 1. The highest BCUT2D eigenvalue weighted by Crippen LogP contribution is 2.42. The average Bonchev–Trinajstić information content (AvgIpc) is 3.01. The molecule has 4 rings (SSSR count). The number of nitrogens with zero attached hydrogens (tertiary/aromatic N) is 2. The summed E-state index contributed by atoms with van der Waals surface area (Å²) in [5.41, 5.74) is 6.75. The summed E-state index contributed by atoms with van der Waals surface area (Å²) in [5, 5.41) is 0. The third-order valence-electron chi connectivity index (χ3n) is 7.87. The topological polar surface area (TPSA) is 32.5 Å². The van der Waals surface area contributed by atoms with Crippen molar-refractivity contribution >= 4 is 0 Å². The van der Waals surface area contributed by atoms with Crippen molar-refractivity contribution in [3.8, 4) is 0 Å². The van der Waals surface area contributed by atoms with Gasteiger partial charge in [-0.25, -0.2) is 0 Å². The highest BCUT2D eigenvalue weighted by molar-refractivity contribution is 4.95. The second-order valence-electron chi connectivity index (χ2n) is 9.59. The first-order valence-electron chi connectivity index (χ1n) is 10.9. The maximum Gasteiger partial charge on any atom is 0.00952 e. The Labute approximate surface area is 149 Å². The van der Waals surface area contributed by atoms with E-state index >= 15 is 0 Å². The van der Waals surface area contributed by atoms with E-state index in [0.29, 0.717) is 11.5 Å². The number of rotatable bonds is 3. The van der Waals surface area contributed by atoms with Gasteiger partial charge in [-0.2, -0.15) is 0 Å². The Kier molecular flexibility index (Phi) is 5.50. The average molecular weight is 334 g/mol. The fourth-order valence-corrected chi connectivity index (χ4v) is 6.14. The van der Waals surface area contributed by atoms with E-state index in [2.05, 4.69) is 9.80 Å². The summed E-state index contributed by atoms with van der Waals surface area (Å²) in [6.07, 6.45) is 17.1. The zero-order chi connectivity index (χ0) is 16.4. The van der Waals surface area contributed by atoms with Gasteiger partial charge in [0.15, 0.2) is 0 Å². The van der Waals surface area contributed by atoms with Crippen LogP contribution in [0.15, 0.2) is 0 Å². The molecule has 4 fully saturated rings. The first-order chi connectivity index (χ1) is 11.7. The van der Waals surface area contributed by atoms with Crippen LogP contribution in [0.2, 0.25) is 0 Å². The van der Waals surface area contributed by atoms with Crippen molar-refractivity contribution in [3.05, 3.63) is 0 Å². The monoisotopic (exact) mass is 333 g/mol. The zero-order valence-corrected chi connectivity index (χ0v) is 15.7. The van der Waals surface area contributed by atoms with Crippen LogP contribution >= 0.6 is 0 Å². The molecule has 2 saturated heterocycles. The molecular formula is C21H39N3. The molecule has 4 aliphatic rings.